The molecule has 1 aromatic rings. The average Bonchev–Trinajstić information content (AvgIpc) is 2.58. The minimum atomic E-state index is -0.957. The number of hydrogen-bond donors (Lipinski definition) is 1. The van der Waals surface area contributed by atoms with Crippen molar-refractivity contribution in [2.45, 2.75) is 19.5 Å². The van der Waals surface area contributed by atoms with Crippen molar-refractivity contribution in [3.05, 3.63) is 34.6 Å². The summed E-state index contributed by atoms with van der Waals surface area (Å²) in [6, 6.07) is 3.92. The van der Waals surface area contributed by atoms with E-state index in [1.807, 2.05) is 0 Å². The predicted octanol–water partition coefficient (Wildman–Crippen LogP) is 1.53. The molecule has 1 amide bonds. The first-order chi connectivity index (χ1) is 11.8. The van der Waals surface area contributed by atoms with E-state index in [0.717, 1.165) is 0 Å². The molecule has 1 fully saturated rings. The number of halogens is 2. The van der Waals surface area contributed by atoms with Gasteiger partial charge in [-0.3, -0.25) is 19.4 Å². The van der Waals surface area contributed by atoms with Crippen molar-refractivity contribution in [2.24, 2.45) is 0 Å². The molecule has 138 valence electrons. The number of likely N-dealkylation sites (N-methyl/N-ethyl adjacent to an activating group) is 1. The van der Waals surface area contributed by atoms with Crippen LogP contribution in [-0.2, 0) is 16.1 Å². The first-order valence-electron chi connectivity index (χ1n) is 8.15. The van der Waals surface area contributed by atoms with Crippen LogP contribution in [0.5, 0.6) is 0 Å². The summed E-state index contributed by atoms with van der Waals surface area (Å²) in [7, 11) is 1.62. The summed E-state index contributed by atoms with van der Waals surface area (Å²) in [6.45, 7) is 4.31. The van der Waals surface area contributed by atoms with Crippen molar-refractivity contribution in [3.63, 3.8) is 0 Å². The molecular formula is C17H23ClFN3O3. The van der Waals surface area contributed by atoms with Gasteiger partial charge in [0.1, 0.15) is 11.9 Å². The molecule has 1 aliphatic rings. The Hall–Kier alpha value is -1.70. The number of benzene rings is 1. The van der Waals surface area contributed by atoms with Crippen LogP contribution < -0.4 is 0 Å². The molecule has 0 aliphatic carbocycles. The molecule has 0 saturated carbocycles. The van der Waals surface area contributed by atoms with Gasteiger partial charge < -0.3 is 10.0 Å². The molecule has 0 bridgehead atoms. The number of nitrogens with zero attached hydrogens (tertiary/aromatic N) is 3. The summed E-state index contributed by atoms with van der Waals surface area (Å²) in [5.41, 5.74) is 0.471. The zero-order chi connectivity index (χ0) is 18.6. The summed E-state index contributed by atoms with van der Waals surface area (Å²) in [4.78, 5) is 28.5. The van der Waals surface area contributed by atoms with Crippen LogP contribution in [0.4, 0.5) is 4.39 Å². The normalized spacial score (nSPS) is 16.9. The van der Waals surface area contributed by atoms with Crippen molar-refractivity contribution >= 4 is 23.5 Å². The maximum absolute atomic E-state index is 13.9. The van der Waals surface area contributed by atoms with E-state index >= 15 is 0 Å². The Morgan fingerprint density at radius 2 is 1.96 bits per heavy atom. The molecule has 25 heavy (non-hydrogen) atoms. The molecule has 2 rings (SSSR count). The van der Waals surface area contributed by atoms with Crippen LogP contribution in [0.25, 0.3) is 0 Å². The highest BCUT2D eigenvalue weighted by molar-refractivity contribution is 6.31. The fourth-order valence-electron chi connectivity index (χ4n) is 2.70. The van der Waals surface area contributed by atoms with Crippen LogP contribution in [0.2, 0.25) is 5.02 Å². The molecule has 1 N–H and O–H groups in total. The third-order valence-electron chi connectivity index (χ3n) is 4.57. The second kappa shape index (κ2) is 8.60. The summed E-state index contributed by atoms with van der Waals surface area (Å²) in [6.07, 6.45) is 0. The van der Waals surface area contributed by atoms with Gasteiger partial charge in [-0.1, -0.05) is 17.7 Å². The Kier molecular flexibility index (Phi) is 6.75. The standard InChI is InChI=1S/C17H23ClFN3O3/c1-12(17(24)25)20(2)11-16(23)22-8-6-21(7-9-22)10-13-14(18)4-3-5-15(13)19/h3-5,12H,6-11H2,1-2H3,(H,24,25). The number of hydrogen-bond acceptors (Lipinski definition) is 4. The summed E-state index contributed by atoms with van der Waals surface area (Å²) in [5.74, 6) is -1.38. The molecule has 1 heterocycles. The van der Waals surface area contributed by atoms with Gasteiger partial charge in [-0.15, -0.1) is 0 Å². The summed E-state index contributed by atoms with van der Waals surface area (Å²) in [5, 5.41) is 9.39. The van der Waals surface area contributed by atoms with Gasteiger partial charge in [0.15, 0.2) is 0 Å². The second-order valence-electron chi connectivity index (χ2n) is 6.29. The number of carboxylic acid groups (broad SMARTS) is 1. The van der Waals surface area contributed by atoms with E-state index in [4.69, 9.17) is 16.7 Å². The third kappa shape index (κ3) is 5.14. The van der Waals surface area contributed by atoms with E-state index < -0.39 is 12.0 Å². The van der Waals surface area contributed by atoms with Gasteiger partial charge in [0, 0.05) is 43.3 Å². The number of carboxylic acids is 1. The monoisotopic (exact) mass is 371 g/mol. The van der Waals surface area contributed by atoms with Gasteiger partial charge in [-0.25, -0.2) is 4.39 Å². The van der Waals surface area contributed by atoms with Crippen LogP contribution in [0.3, 0.4) is 0 Å². The largest absolute Gasteiger partial charge is 0.480 e. The van der Waals surface area contributed by atoms with Gasteiger partial charge in [-0.05, 0) is 26.1 Å². The average molecular weight is 372 g/mol. The van der Waals surface area contributed by atoms with Crippen LogP contribution in [0.1, 0.15) is 12.5 Å². The molecule has 1 aliphatic heterocycles. The van der Waals surface area contributed by atoms with Crippen molar-refractivity contribution in [2.75, 3.05) is 39.8 Å². The Bertz CT molecular complexity index is 615. The number of amides is 1. The highest BCUT2D eigenvalue weighted by atomic mass is 35.5. The lowest BCUT2D eigenvalue weighted by Crippen LogP contribution is -2.51. The van der Waals surface area contributed by atoms with Gasteiger partial charge >= 0.3 is 5.97 Å². The van der Waals surface area contributed by atoms with Gasteiger partial charge in [-0.2, -0.15) is 0 Å². The highest BCUT2D eigenvalue weighted by Crippen LogP contribution is 2.21. The van der Waals surface area contributed by atoms with E-state index in [0.29, 0.717) is 43.3 Å². The highest BCUT2D eigenvalue weighted by Gasteiger charge is 2.25. The molecule has 1 saturated heterocycles. The topological polar surface area (TPSA) is 64.1 Å². The molecule has 0 aromatic heterocycles. The van der Waals surface area contributed by atoms with Crippen LogP contribution in [0.15, 0.2) is 18.2 Å². The van der Waals surface area contributed by atoms with Gasteiger partial charge in [0.2, 0.25) is 5.91 Å². The molecule has 0 radical (unpaired) electrons. The van der Waals surface area contributed by atoms with E-state index in [-0.39, 0.29) is 18.3 Å². The molecule has 1 aromatic carbocycles. The number of piperazine rings is 1. The van der Waals surface area contributed by atoms with E-state index in [9.17, 15) is 14.0 Å². The Morgan fingerprint density at radius 1 is 1.32 bits per heavy atom. The van der Waals surface area contributed by atoms with Crippen molar-refractivity contribution in [1.29, 1.82) is 0 Å². The molecule has 8 heteroatoms. The van der Waals surface area contributed by atoms with E-state index in [1.165, 1.54) is 11.0 Å². The minimum Gasteiger partial charge on any atom is -0.480 e. The lowest BCUT2D eigenvalue weighted by atomic mass is 10.2. The summed E-state index contributed by atoms with van der Waals surface area (Å²) >= 11 is 6.06. The smallest absolute Gasteiger partial charge is 0.320 e. The zero-order valence-electron chi connectivity index (χ0n) is 14.4. The van der Waals surface area contributed by atoms with Crippen molar-refractivity contribution < 1.29 is 19.1 Å². The predicted molar refractivity (Wildman–Crippen MR) is 93.0 cm³/mol. The van der Waals surface area contributed by atoms with E-state index in [1.54, 1.807) is 31.0 Å². The van der Waals surface area contributed by atoms with Crippen molar-refractivity contribution in [3.8, 4) is 0 Å². The summed E-state index contributed by atoms with van der Waals surface area (Å²) < 4.78 is 13.9. The van der Waals surface area contributed by atoms with Crippen LogP contribution in [-0.4, -0.2) is 77.5 Å². The zero-order valence-corrected chi connectivity index (χ0v) is 15.2. The molecule has 1 atom stereocenters. The fourth-order valence-corrected chi connectivity index (χ4v) is 2.92. The first-order valence-corrected chi connectivity index (χ1v) is 8.53. The molecular weight excluding hydrogens is 349 g/mol. The quantitative estimate of drug-likeness (QED) is 0.821. The maximum Gasteiger partial charge on any atom is 0.320 e. The number of carbonyl (C=O) groups excluding carboxylic acids is 1. The molecule has 1 unspecified atom stereocenters. The Balaban J connectivity index is 1.85. The maximum atomic E-state index is 13.9. The lowest BCUT2D eigenvalue weighted by molar-refractivity contribution is -0.143. The van der Waals surface area contributed by atoms with Crippen LogP contribution >= 0.6 is 11.6 Å². The van der Waals surface area contributed by atoms with Crippen molar-refractivity contribution in [1.82, 2.24) is 14.7 Å². The van der Waals surface area contributed by atoms with E-state index in [2.05, 4.69) is 4.90 Å². The first kappa shape index (κ1) is 19.6. The van der Waals surface area contributed by atoms with Gasteiger partial charge in [0.25, 0.3) is 0 Å². The van der Waals surface area contributed by atoms with Gasteiger partial charge in [0.05, 0.1) is 6.54 Å². The third-order valence-corrected chi connectivity index (χ3v) is 4.93. The Labute approximate surface area is 151 Å². The van der Waals surface area contributed by atoms with Crippen LogP contribution in [0, 0.1) is 5.82 Å². The minimum absolute atomic E-state index is 0.0621. The molecule has 0 spiro atoms. The number of aliphatic carboxylic acids is 1. The Morgan fingerprint density at radius 3 is 2.52 bits per heavy atom. The number of carbonyl (C=O) groups is 2. The second-order valence-corrected chi connectivity index (χ2v) is 6.69. The number of rotatable bonds is 6. The lowest BCUT2D eigenvalue weighted by Gasteiger charge is -2.36. The SMILES string of the molecule is CC(C(=O)O)N(C)CC(=O)N1CCN(Cc2c(F)cccc2Cl)CC1. The fraction of sp³-hybridized carbons (Fsp3) is 0.529. The molecule has 6 nitrogen and oxygen atoms in total.